The second kappa shape index (κ2) is 4.19. The third-order valence-electron chi connectivity index (χ3n) is 3.21. The lowest BCUT2D eigenvalue weighted by Gasteiger charge is -2.28. The summed E-state index contributed by atoms with van der Waals surface area (Å²) in [5.74, 6) is 0.783. The Bertz CT molecular complexity index is 278. The van der Waals surface area contributed by atoms with Crippen molar-refractivity contribution in [1.82, 2.24) is 5.32 Å². The smallest absolute Gasteiger partial charge is 0.153 e. The Morgan fingerprint density at radius 1 is 1.36 bits per heavy atom. The monoisotopic (exact) mass is 219 g/mol. The van der Waals surface area contributed by atoms with Gasteiger partial charge in [-0.1, -0.05) is 6.42 Å². The van der Waals surface area contributed by atoms with Crippen molar-refractivity contribution in [2.75, 3.05) is 19.3 Å². The Morgan fingerprint density at radius 2 is 1.93 bits per heavy atom. The minimum absolute atomic E-state index is 0.558. The molecule has 1 N–H and O–H groups in total. The van der Waals surface area contributed by atoms with Crippen LogP contribution in [0.1, 0.15) is 33.1 Å². The van der Waals surface area contributed by atoms with Crippen LogP contribution in [0.25, 0.3) is 0 Å². The van der Waals surface area contributed by atoms with Crippen molar-refractivity contribution in [3.8, 4) is 0 Å². The van der Waals surface area contributed by atoms with Crippen LogP contribution in [0.15, 0.2) is 0 Å². The maximum absolute atomic E-state index is 11.4. The van der Waals surface area contributed by atoms with E-state index in [0.29, 0.717) is 6.54 Å². The summed E-state index contributed by atoms with van der Waals surface area (Å²) in [5.41, 5.74) is 0. The highest BCUT2D eigenvalue weighted by molar-refractivity contribution is 7.92. The normalized spacial score (nSPS) is 19.4. The van der Waals surface area contributed by atoms with Gasteiger partial charge in [0.05, 0.1) is 4.75 Å². The molecular weight excluding hydrogens is 198 g/mol. The third kappa shape index (κ3) is 2.95. The molecule has 0 heterocycles. The molecule has 1 rings (SSSR count). The highest BCUT2D eigenvalue weighted by Crippen LogP contribution is 2.25. The fraction of sp³-hybridized carbons (Fsp3) is 1.00. The Kier molecular flexibility index (Phi) is 3.58. The predicted octanol–water partition coefficient (Wildman–Crippen LogP) is 1.20. The van der Waals surface area contributed by atoms with Crippen LogP contribution in [0.5, 0.6) is 0 Å². The van der Waals surface area contributed by atoms with Gasteiger partial charge in [-0.15, -0.1) is 0 Å². The Morgan fingerprint density at radius 3 is 2.29 bits per heavy atom. The lowest BCUT2D eigenvalue weighted by atomic mass is 9.85. The molecule has 14 heavy (non-hydrogen) atoms. The number of sulfone groups is 1. The molecule has 1 aliphatic carbocycles. The van der Waals surface area contributed by atoms with Crippen LogP contribution >= 0.6 is 0 Å². The average Bonchev–Trinajstić information content (AvgIpc) is 1.92. The molecule has 0 spiro atoms. The molecule has 0 atom stereocenters. The second-order valence-electron chi connectivity index (χ2n) is 4.96. The summed E-state index contributed by atoms with van der Waals surface area (Å²) in [6, 6.07) is 0. The maximum Gasteiger partial charge on any atom is 0.153 e. The van der Waals surface area contributed by atoms with Gasteiger partial charge in [0.1, 0.15) is 0 Å². The number of hydrogen-bond acceptors (Lipinski definition) is 3. The summed E-state index contributed by atoms with van der Waals surface area (Å²) in [6.07, 6.45) is 5.23. The lowest BCUT2D eigenvalue weighted by Crippen LogP contribution is -2.43. The Hall–Kier alpha value is -0.0900. The number of nitrogens with one attached hydrogen (secondary N) is 1. The minimum Gasteiger partial charge on any atom is -0.315 e. The van der Waals surface area contributed by atoms with E-state index in [1.54, 1.807) is 13.8 Å². The first-order valence-corrected chi connectivity index (χ1v) is 7.12. The minimum atomic E-state index is -2.95. The number of rotatable bonds is 5. The van der Waals surface area contributed by atoms with Gasteiger partial charge in [-0.3, -0.25) is 0 Å². The van der Waals surface area contributed by atoms with Crippen LogP contribution in [0.3, 0.4) is 0 Å². The zero-order valence-corrected chi connectivity index (χ0v) is 10.2. The third-order valence-corrected chi connectivity index (χ3v) is 5.36. The first-order chi connectivity index (χ1) is 6.33. The van der Waals surface area contributed by atoms with E-state index >= 15 is 0 Å². The molecule has 0 bridgehead atoms. The molecule has 0 aliphatic heterocycles. The molecule has 84 valence electrons. The maximum atomic E-state index is 11.4. The van der Waals surface area contributed by atoms with Crippen LogP contribution < -0.4 is 5.32 Å². The highest BCUT2D eigenvalue weighted by atomic mass is 32.2. The zero-order valence-electron chi connectivity index (χ0n) is 9.34. The van der Waals surface area contributed by atoms with E-state index in [-0.39, 0.29) is 0 Å². The zero-order chi connectivity index (χ0) is 10.8. The Balaban J connectivity index is 2.28. The fourth-order valence-electron chi connectivity index (χ4n) is 1.41. The van der Waals surface area contributed by atoms with Crippen LogP contribution in [0, 0.1) is 5.92 Å². The molecule has 0 radical (unpaired) electrons. The SMILES string of the molecule is CC(C)(CNCC1CCC1)S(C)(=O)=O. The second-order valence-corrected chi connectivity index (χ2v) is 7.61. The molecule has 0 aromatic carbocycles. The number of hydrogen-bond donors (Lipinski definition) is 1. The van der Waals surface area contributed by atoms with Gasteiger partial charge in [-0.2, -0.15) is 0 Å². The van der Waals surface area contributed by atoms with Gasteiger partial charge in [0.2, 0.25) is 0 Å². The van der Waals surface area contributed by atoms with Crippen molar-refractivity contribution in [3.05, 3.63) is 0 Å². The molecule has 0 aromatic heterocycles. The molecule has 1 fully saturated rings. The van der Waals surface area contributed by atoms with Gasteiger partial charge in [0.25, 0.3) is 0 Å². The standard InChI is InChI=1S/C10H21NO2S/c1-10(2,14(3,12)13)8-11-7-9-5-4-6-9/h9,11H,4-8H2,1-3H3. The van der Waals surface area contributed by atoms with Crippen molar-refractivity contribution < 1.29 is 8.42 Å². The molecule has 0 aromatic rings. The lowest BCUT2D eigenvalue weighted by molar-refractivity contribution is 0.298. The first-order valence-electron chi connectivity index (χ1n) is 5.23. The predicted molar refractivity (Wildman–Crippen MR) is 59.1 cm³/mol. The molecular formula is C10H21NO2S. The van der Waals surface area contributed by atoms with Gasteiger partial charge in [-0.05, 0) is 39.2 Å². The fourth-order valence-corrected chi connectivity index (χ4v) is 1.77. The van der Waals surface area contributed by atoms with E-state index in [2.05, 4.69) is 5.32 Å². The van der Waals surface area contributed by atoms with E-state index in [0.717, 1.165) is 12.5 Å². The topological polar surface area (TPSA) is 46.2 Å². The van der Waals surface area contributed by atoms with Crippen LogP contribution in [0.2, 0.25) is 0 Å². The summed E-state index contributed by atoms with van der Waals surface area (Å²) in [5, 5.41) is 3.25. The van der Waals surface area contributed by atoms with Gasteiger partial charge in [-0.25, -0.2) is 8.42 Å². The largest absolute Gasteiger partial charge is 0.315 e. The van der Waals surface area contributed by atoms with Gasteiger partial charge in [0.15, 0.2) is 9.84 Å². The quantitative estimate of drug-likeness (QED) is 0.756. The molecule has 4 heteroatoms. The van der Waals surface area contributed by atoms with Crippen molar-refractivity contribution in [1.29, 1.82) is 0 Å². The van der Waals surface area contributed by atoms with Gasteiger partial charge >= 0.3 is 0 Å². The molecule has 0 amide bonds. The summed E-state index contributed by atoms with van der Waals surface area (Å²) in [7, 11) is -2.95. The molecule has 3 nitrogen and oxygen atoms in total. The van der Waals surface area contributed by atoms with Crippen molar-refractivity contribution >= 4 is 9.84 Å². The van der Waals surface area contributed by atoms with Crippen molar-refractivity contribution in [2.45, 2.75) is 37.9 Å². The van der Waals surface area contributed by atoms with Crippen LogP contribution in [0.4, 0.5) is 0 Å². The first kappa shape index (κ1) is 12.0. The van der Waals surface area contributed by atoms with E-state index in [4.69, 9.17) is 0 Å². The highest BCUT2D eigenvalue weighted by Gasteiger charge is 2.30. The van der Waals surface area contributed by atoms with E-state index in [1.165, 1.54) is 25.5 Å². The Labute approximate surface area is 87.2 Å². The van der Waals surface area contributed by atoms with Gasteiger partial charge < -0.3 is 5.32 Å². The average molecular weight is 219 g/mol. The molecule has 0 saturated heterocycles. The molecule has 1 aliphatic rings. The van der Waals surface area contributed by atoms with Gasteiger partial charge in [0, 0.05) is 12.8 Å². The van der Waals surface area contributed by atoms with Crippen LogP contribution in [-0.2, 0) is 9.84 Å². The van der Waals surface area contributed by atoms with Crippen molar-refractivity contribution in [2.24, 2.45) is 5.92 Å². The summed E-state index contributed by atoms with van der Waals surface area (Å²) >= 11 is 0. The van der Waals surface area contributed by atoms with E-state index < -0.39 is 14.6 Å². The summed E-state index contributed by atoms with van der Waals surface area (Å²) in [6.45, 7) is 5.08. The van der Waals surface area contributed by atoms with E-state index in [9.17, 15) is 8.42 Å². The molecule has 0 unspecified atom stereocenters. The van der Waals surface area contributed by atoms with Crippen LogP contribution in [-0.4, -0.2) is 32.5 Å². The van der Waals surface area contributed by atoms with E-state index in [1.807, 2.05) is 0 Å². The van der Waals surface area contributed by atoms with Crippen molar-refractivity contribution in [3.63, 3.8) is 0 Å². The molecule has 1 saturated carbocycles. The summed E-state index contributed by atoms with van der Waals surface area (Å²) < 4.78 is 22.1. The summed E-state index contributed by atoms with van der Waals surface area (Å²) in [4.78, 5) is 0.